The Labute approximate surface area is 63.5 Å². The van der Waals surface area contributed by atoms with Gasteiger partial charge in [0.15, 0.2) is 0 Å². The maximum absolute atomic E-state index is 3.94. The third-order valence-corrected chi connectivity index (χ3v) is 2.89. The quantitative estimate of drug-likeness (QED) is 0.587. The van der Waals surface area contributed by atoms with E-state index in [0.717, 1.165) is 6.42 Å². The van der Waals surface area contributed by atoms with Gasteiger partial charge in [0.25, 0.3) is 0 Å². The van der Waals surface area contributed by atoms with E-state index in [4.69, 9.17) is 0 Å². The molecule has 0 radical (unpaired) electrons. The zero-order valence-corrected chi connectivity index (χ0v) is 7.20. The Bertz CT molecular complexity index is 151. The molecule has 1 N–H and O–H groups in total. The maximum atomic E-state index is 3.94. The minimum Gasteiger partial charge on any atom is -0.386 e. The van der Waals surface area contributed by atoms with E-state index in [1.807, 2.05) is 0 Å². The summed E-state index contributed by atoms with van der Waals surface area (Å²) in [7, 11) is 0. The van der Waals surface area contributed by atoms with Crippen molar-refractivity contribution in [2.45, 2.75) is 39.7 Å². The highest BCUT2D eigenvalue weighted by Crippen LogP contribution is 2.37. The Morgan fingerprint density at radius 1 is 1.80 bits per heavy atom. The van der Waals surface area contributed by atoms with E-state index in [0.29, 0.717) is 11.5 Å². The Morgan fingerprint density at radius 3 is 2.60 bits per heavy atom. The molecule has 0 aromatic heterocycles. The molecule has 0 spiro atoms. The topological polar surface area (TPSA) is 12.0 Å². The van der Waals surface area contributed by atoms with Crippen molar-refractivity contribution < 1.29 is 0 Å². The van der Waals surface area contributed by atoms with E-state index in [-0.39, 0.29) is 0 Å². The second kappa shape index (κ2) is 2.30. The molecule has 0 unspecified atom stereocenters. The monoisotopic (exact) mass is 139 g/mol. The smallest absolute Gasteiger partial charge is 0.0287 e. The lowest BCUT2D eigenvalue weighted by atomic mass is 9.81. The lowest BCUT2D eigenvalue weighted by molar-refractivity contribution is 0.284. The van der Waals surface area contributed by atoms with Gasteiger partial charge in [0.05, 0.1) is 0 Å². The zero-order chi connectivity index (χ0) is 7.78. The number of rotatable bonds is 1. The maximum Gasteiger partial charge on any atom is 0.0287 e. The van der Waals surface area contributed by atoms with Gasteiger partial charge in [-0.05, 0) is 25.2 Å². The van der Waals surface area contributed by atoms with Crippen LogP contribution in [0.25, 0.3) is 0 Å². The summed E-state index contributed by atoms with van der Waals surface area (Å²) in [5.74, 6) is 0. The molecular formula is C9H17N. The fourth-order valence-electron chi connectivity index (χ4n) is 1.60. The first kappa shape index (κ1) is 7.64. The van der Waals surface area contributed by atoms with Gasteiger partial charge in [-0.25, -0.2) is 0 Å². The fourth-order valence-corrected chi connectivity index (χ4v) is 1.60. The van der Waals surface area contributed by atoms with Crippen molar-refractivity contribution in [3.05, 3.63) is 12.3 Å². The largest absolute Gasteiger partial charge is 0.386 e. The van der Waals surface area contributed by atoms with Gasteiger partial charge in [-0.1, -0.05) is 20.4 Å². The Morgan fingerprint density at radius 2 is 2.40 bits per heavy atom. The molecule has 58 valence electrons. The number of nitrogens with one attached hydrogen (secondary N) is 1. The predicted molar refractivity (Wildman–Crippen MR) is 44.8 cm³/mol. The van der Waals surface area contributed by atoms with E-state index >= 15 is 0 Å². The van der Waals surface area contributed by atoms with Crippen LogP contribution < -0.4 is 5.32 Å². The van der Waals surface area contributed by atoms with Crippen molar-refractivity contribution >= 4 is 0 Å². The molecule has 1 rings (SSSR count). The van der Waals surface area contributed by atoms with Crippen molar-refractivity contribution in [3.8, 4) is 0 Å². The summed E-state index contributed by atoms with van der Waals surface area (Å²) < 4.78 is 0. The molecule has 0 aliphatic carbocycles. The van der Waals surface area contributed by atoms with Crippen LogP contribution in [0.2, 0.25) is 0 Å². The highest BCUT2D eigenvalue weighted by molar-refractivity contribution is 5.09. The van der Waals surface area contributed by atoms with Gasteiger partial charge in [-0.3, -0.25) is 0 Å². The molecule has 1 heterocycles. The normalized spacial score (nSPS) is 39.9. The Hall–Kier alpha value is -0.460. The van der Waals surface area contributed by atoms with Crippen LogP contribution in [0.5, 0.6) is 0 Å². The third-order valence-electron chi connectivity index (χ3n) is 2.89. The minimum absolute atomic E-state index is 0.455. The molecule has 0 amide bonds. The van der Waals surface area contributed by atoms with E-state index in [9.17, 15) is 0 Å². The molecule has 10 heavy (non-hydrogen) atoms. The molecule has 1 aliphatic rings. The summed E-state index contributed by atoms with van der Waals surface area (Å²) in [5.41, 5.74) is 1.66. The summed E-state index contributed by atoms with van der Waals surface area (Å²) in [5, 5.41) is 3.36. The lowest BCUT2D eigenvalue weighted by Crippen LogP contribution is -2.30. The summed E-state index contributed by atoms with van der Waals surface area (Å²) >= 11 is 0. The van der Waals surface area contributed by atoms with Crippen LogP contribution in [0, 0.1) is 5.41 Å². The molecule has 1 fully saturated rings. The molecule has 2 atom stereocenters. The fraction of sp³-hybridized carbons (Fsp3) is 0.778. The van der Waals surface area contributed by atoms with Crippen molar-refractivity contribution in [1.29, 1.82) is 0 Å². The van der Waals surface area contributed by atoms with E-state index in [1.54, 1.807) is 0 Å². The van der Waals surface area contributed by atoms with E-state index in [1.165, 1.54) is 12.1 Å². The molecule has 1 nitrogen and oxygen atoms in total. The first-order valence-electron chi connectivity index (χ1n) is 4.03. The zero-order valence-electron chi connectivity index (χ0n) is 7.20. The molecule has 0 bridgehead atoms. The van der Waals surface area contributed by atoms with Crippen LogP contribution in [-0.2, 0) is 0 Å². The van der Waals surface area contributed by atoms with Gasteiger partial charge < -0.3 is 5.32 Å². The molecule has 0 saturated carbocycles. The van der Waals surface area contributed by atoms with Gasteiger partial charge in [-0.15, -0.1) is 0 Å². The molecule has 1 aliphatic heterocycles. The standard InChI is InChI=1S/C9H17N/c1-5-9(4)6-7(2)10-8(9)3/h8,10H,2,5-6H2,1,3-4H3/t8-,9+/m1/s1. The molecule has 1 heteroatoms. The molecule has 1 saturated heterocycles. The summed E-state index contributed by atoms with van der Waals surface area (Å²) in [4.78, 5) is 0. The van der Waals surface area contributed by atoms with Crippen LogP contribution >= 0.6 is 0 Å². The number of hydrogen-bond donors (Lipinski definition) is 1. The second-order valence-corrected chi connectivity index (χ2v) is 3.65. The first-order chi connectivity index (χ1) is 4.58. The van der Waals surface area contributed by atoms with Crippen LogP contribution in [0.1, 0.15) is 33.6 Å². The summed E-state index contributed by atoms with van der Waals surface area (Å²) in [6, 6.07) is 0.602. The average molecular weight is 139 g/mol. The SMILES string of the molecule is C=C1C[C@](C)(CC)[C@@H](C)N1. The van der Waals surface area contributed by atoms with Gasteiger partial charge >= 0.3 is 0 Å². The first-order valence-corrected chi connectivity index (χ1v) is 4.03. The van der Waals surface area contributed by atoms with E-state index in [2.05, 4.69) is 32.7 Å². The second-order valence-electron chi connectivity index (χ2n) is 3.65. The van der Waals surface area contributed by atoms with Crippen molar-refractivity contribution in [2.75, 3.05) is 0 Å². The van der Waals surface area contributed by atoms with Crippen LogP contribution in [0.4, 0.5) is 0 Å². The van der Waals surface area contributed by atoms with Crippen molar-refractivity contribution in [3.63, 3.8) is 0 Å². The van der Waals surface area contributed by atoms with Gasteiger partial charge in [-0.2, -0.15) is 0 Å². The minimum atomic E-state index is 0.455. The lowest BCUT2D eigenvalue weighted by Gasteiger charge is -2.25. The highest BCUT2D eigenvalue weighted by Gasteiger charge is 2.35. The average Bonchev–Trinajstić information content (AvgIpc) is 2.09. The number of hydrogen-bond acceptors (Lipinski definition) is 1. The van der Waals surface area contributed by atoms with Crippen LogP contribution in [0.15, 0.2) is 12.3 Å². The Balaban J connectivity index is 2.70. The van der Waals surface area contributed by atoms with E-state index < -0.39 is 0 Å². The number of allylic oxidation sites excluding steroid dienone is 1. The van der Waals surface area contributed by atoms with Gasteiger partial charge in [0.2, 0.25) is 0 Å². The predicted octanol–water partition coefficient (Wildman–Crippen LogP) is 2.30. The van der Waals surface area contributed by atoms with Gasteiger partial charge in [0, 0.05) is 11.7 Å². The van der Waals surface area contributed by atoms with Crippen LogP contribution in [-0.4, -0.2) is 6.04 Å². The van der Waals surface area contributed by atoms with Crippen LogP contribution in [0.3, 0.4) is 0 Å². The summed E-state index contributed by atoms with van der Waals surface area (Å²) in [6.45, 7) is 10.7. The van der Waals surface area contributed by atoms with Crippen molar-refractivity contribution in [1.82, 2.24) is 5.32 Å². The Kier molecular flexibility index (Phi) is 1.76. The van der Waals surface area contributed by atoms with Gasteiger partial charge in [0.1, 0.15) is 0 Å². The molecule has 0 aromatic carbocycles. The molecule has 0 aromatic rings. The summed E-state index contributed by atoms with van der Waals surface area (Å²) in [6.07, 6.45) is 2.38. The molecular weight excluding hydrogens is 122 g/mol. The highest BCUT2D eigenvalue weighted by atomic mass is 15.0. The van der Waals surface area contributed by atoms with Crippen molar-refractivity contribution in [2.24, 2.45) is 5.41 Å². The third kappa shape index (κ3) is 1.05.